The largest absolute Gasteiger partial charge is 0.361 e. The van der Waals surface area contributed by atoms with Crippen LogP contribution in [0.2, 0.25) is 0 Å². The van der Waals surface area contributed by atoms with Gasteiger partial charge in [-0.05, 0) is 61.7 Å². The average molecular weight is 537 g/mol. The zero-order valence-electron chi connectivity index (χ0n) is 17.8. The van der Waals surface area contributed by atoms with Gasteiger partial charge in [0.15, 0.2) is 5.96 Å². The Morgan fingerprint density at radius 3 is 2.48 bits per heavy atom. The van der Waals surface area contributed by atoms with Gasteiger partial charge in [0.05, 0.1) is 6.54 Å². The standard InChI is InChI=1S/C23H28FN5O.HI/c1-3-25-22(30)17-7-5-16(6-8-17)14-29-23(26-4-2)27-12-11-18-15-28-21-10-9-19(24)13-20(18)21;/h5-10,13,15,28H,3-4,11-12,14H2,1-2H3,(H,25,30)(H2,26,27,29);1H. The van der Waals surface area contributed by atoms with Gasteiger partial charge in [0.1, 0.15) is 5.82 Å². The smallest absolute Gasteiger partial charge is 0.251 e. The molecule has 1 amide bonds. The Labute approximate surface area is 199 Å². The summed E-state index contributed by atoms with van der Waals surface area (Å²) in [6.45, 7) is 6.44. The lowest BCUT2D eigenvalue weighted by Gasteiger charge is -2.11. The van der Waals surface area contributed by atoms with Crippen LogP contribution < -0.4 is 16.0 Å². The van der Waals surface area contributed by atoms with Gasteiger partial charge in [-0.25, -0.2) is 9.38 Å². The average Bonchev–Trinajstić information content (AvgIpc) is 3.14. The molecule has 0 bridgehead atoms. The van der Waals surface area contributed by atoms with Crippen LogP contribution in [0, 0.1) is 5.82 Å². The molecule has 8 heteroatoms. The van der Waals surface area contributed by atoms with Gasteiger partial charge in [-0.3, -0.25) is 4.79 Å². The number of aliphatic imine (C=N–C) groups is 1. The van der Waals surface area contributed by atoms with Crippen LogP contribution in [-0.2, 0) is 13.0 Å². The number of fused-ring (bicyclic) bond motifs is 1. The van der Waals surface area contributed by atoms with E-state index < -0.39 is 0 Å². The molecule has 0 unspecified atom stereocenters. The highest BCUT2D eigenvalue weighted by Crippen LogP contribution is 2.19. The molecule has 1 heterocycles. The summed E-state index contributed by atoms with van der Waals surface area (Å²) in [4.78, 5) is 19.6. The topological polar surface area (TPSA) is 81.3 Å². The van der Waals surface area contributed by atoms with Crippen molar-refractivity contribution in [1.82, 2.24) is 20.9 Å². The molecule has 0 saturated heterocycles. The van der Waals surface area contributed by atoms with E-state index in [0.717, 1.165) is 41.0 Å². The lowest BCUT2D eigenvalue weighted by atomic mass is 10.1. The van der Waals surface area contributed by atoms with Crippen molar-refractivity contribution in [3.05, 3.63) is 71.2 Å². The van der Waals surface area contributed by atoms with Crippen LogP contribution in [0.25, 0.3) is 10.9 Å². The number of carbonyl (C=O) groups excluding carboxylic acids is 1. The zero-order chi connectivity index (χ0) is 21.3. The Kier molecular flexibility index (Phi) is 9.77. The highest BCUT2D eigenvalue weighted by atomic mass is 127. The van der Waals surface area contributed by atoms with Crippen LogP contribution in [-0.4, -0.2) is 36.5 Å². The molecule has 31 heavy (non-hydrogen) atoms. The van der Waals surface area contributed by atoms with E-state index in [4.69, 9.17) is 0 Å². The third-order valence-electron chi connectivity index (χ3n) is 4.73. The summed E-state index contributed by atoms with van der Waals surface area (Å²) in [6.07, 6.45) is 2.67. The monoisotopic (exact) mass is 537 g/mol. The molecule has 0 radical (unpaired) electrons. The molecule has 1 aromatic heterocycles. The van der Waals surface area contributed by atoms with Crippen molar-refractivity contribution in [3.63, 3.8) is 0 Å². The Balaban J connectivity index is 0.00000341. The minimum Gasteiger partial charge on any atom is -0.361 e. The Morgan fingerprint density at radius 1 is 1.03 bits per heavy atom. The second kappa shape index (κ2) is 12.3. The maximum absolute atomic E-state index is 13.5. The molecule has 0 atom stereocenters. The highest BCUT2D eigenvalue weighted by molar-refractivity contribution is 14.0. The molecule has 3 aromatic rings. The fourth-order valence-corrected chi connectivity index (χ4v) is 3.21. The number of nitrogens with one attached hydrogen (secondary N) is 4. The van der Waals surface area contributed by atoms with Crippen molar-refractivity contribution in [1.29, 1.82) is 0 Å². The molecule has 0 aliphatic rings. The fraction of sp³-hybridized carbons (Fsp3) is 0.304. The third-order valence-corrected chi connectivity index (χ3v) is 4.73. The summed E-state index contributed by atoms with van der Waals surface area (Å²) >= 11 is 0. The first-order chi connectivity index (χ1) is 14.6. The quantitative estimate of drug-likeness (QED) is 0.200. The second-order valence-corrected chi connectivity index (χ2v) is 6.93. The van der Waals surface area contributed by atoms with Gasteiger partial charge in [-0.15, -0.1) is 24.0 Å². The van der Waals surface area contributed by atoms with E-state index in [1.165, 1.54) is 6.07 Å². The molecular formula is C23H29FIN5O. The van der Waals surface area contributed by atoms with E-state index in [2.05, 4.69) is 25.9 Å². The molecule has 0 aliphatic carbocycles. The molecular weight excluding hydrogens is 508 g/mol. The maximum atomic E-state index is 13.5. The molecule has 3 rings (SSSR count). The van der Waals surface area contributed by atoms with Gasteiger partial charge in [0.25, 0.3) is 5.91 Å². The number of rotatable bonds is 8. The number of H-pyrrole nitrogens is 1. The van der Waals surface area contributed by atoms with E-state index in [1.807, 2.05) is 44.3 Å². The van der Waals surface area contributed by atoms with Crippen molar-refractivity contribution in [2.45, 2.75) is 26.8 Å². The molecule has 0 saturated carbocycles. The molecule has 0 fully saturated rings. The fourth-order valence-electron chi connectivity index (χ4n) is 3.21. The number of nitrogens with zero attached hydrogens (tertiary/aromatic N) is 1. The highest BCUT2D eigenvalue weighted by Gasteiger charge is 2.06. The lowest BCUT2D eigenvalue weighted by molar-refractivity contribution is 0.0956. The maximum Gasteiger partial charge on any atom is 0.251 e. The third kappa shape index (κ3) is 6.95. The molecule has 0 spiro atoms. The van der Waals surface area contributed by atoms with Gasteiger partial charge in [0, 0.05) is 42.3 Å². The Morgan fingerprint density at radius 2 is 1.77 bits per heavy atom. The number of benzene rings is 2. The number of hydrogen-bond acceptors (Lipinski definition) is 2. The van der Waals surface area contributed by atoms with Crippen molar-refractivity contribution >= 4 is 46.7 Å². The summed E-state index contributed by atoms with van der Waals surface area (Å²) < 4.78 is 13.5. The second-order valence-electron chi connectivity index (χ2n) is 6.93. The van der Waals surface area contributed by atoms with Gasteiger partial charge in [0.2, 0.25) is 0 Å². The van der Waals surface area contributed by atoms with Crippen molar-refractivity contribution in [2.24, 2.45) is 4.99 Å². The molecule has 0 aliphatic heterocycles. The summed E-state index contributed by atoms with van der Waals surface area (Å²) in [5, 5.41) is 10.3. The SMILES string of the molecule is CCNC(=O)c1ccc(CN=C(NCC)NCCc2c[nH]c3ccc(F)cc23)cc1.I. The Bertz CT molecular complexity index is 1020. The van der Waals surface area contributed by atoms with Gasteiger partial charge >= 0.3 is 0 Å². The number of halogens is 2. The van der Waals surface area contributed by atoms with Crippen molar-refractivity contribution in [2.75, 3.05) is 19.6 Å². The number of carbonyl (C=O) groups is 1. The van der Waals surface area contributed by atoms with E-state index in [9.17, 15) is 9.18 Å². The van der Waals surface area contributed by atoms with Crippen LogP contribution in [0.5, 0.6) is 0 Å². The van der Waals surface area contributed by atoms with Crippen LogP contribution in [0.1, 0.15) is 35.3 Å². The number of aromatic nitrogens is 1. The molecule has 2 aromatic carbocycles. The number of hydrogen-bond donors (Lipinski definition) is 4. The summed E-state index contributed by atoms with van der Waals surface area (Å²) in [5.41, 5.74) is 3.66. The molecule has 6 nitrogen and oxygen atoms in total. The van der Waals surface area contributed by atoms with Crippen LogP contribution in [0.15, 0.2) is 53.7 Å². The minimum absolute atomic E-state index is 0. The summed E-state index contributed by atoms with van der Waals surface area (Å²) in [5.74, 6) is 0.417. The van der Waals surface area contributed by atoms with E-state index >= 15 is 0 Å². The van der Waals surface area contributed by atoms with E-state index in [0.29, 0.717) is 25.2 Å². The van der Waals surface area contributed by atoms with Crippen molar-refractivity contribution in [3.8, 4) is 0 Å². The Hall–Kier alpha value is -2.62. The van der Waals surface area contributed by atoms with E-state index in [-0.39, 0.29) is 35.7 Å². The first kappa shape index (κ1) is 24.6. The molecule has 166 valence electrons. The predicted octanol–water partition coefficient (Wildman–Crippen LogP) is 3.97. The van der Waals surface area contributed by atoms with Gasteiger partial charge in [-0.2, -0.15) is 0 Å². The van der Waals surface area contributed by atoms with Gasteiger partial charge in [-0.1, -0.05) is 12.1 Å². The first-order valence-corrected chi connectivity index (χ1v) is 10.3. The minimum atomic E-state index is -0.232. The van der Waals surface area contributed by atoms with Crippen LogP contribution >= 0.6 is 24.0 Å². The van der Waals surface area contributed by atoms with Gasteiger partial charge < -0.3 is 20.9 Å². The molecule has 4 N–H and O–H groups in total. The van der Waals surface area contributed by atoms with Crippen LogP contribution in [0.4, 0.5) is 4.39 Å². The number of amides is 1. The summed E-state index contributed by atoms with van der Waals surface area (Å²) in [6, 6.07) is 12.2. The number of aromatic amines is 1. The predicted molar refractivity (Wildman–Crippen MR) is 135 cm³/mol. The zero-order valence-corrected chi connectivity index (χ0v) is 20.1. The normalized spacial score (nSPS) is 11.1. The summed E-state index contributed by atoms with van der Waals surface area (Å²) in [7, 11) is 0. The first-order valence-electron chi connectivity index (χ1n) is 10.3. The number of guanidine groups is 1. The lowest BCUT2D eigenvalue weighted by Crippen LogP contribution is -2.38. The van der Waals surface area contributed by atoms with E-state index in [1.54, 1.807) is 12.1 Å². The van der Waals surface area contributed by atoms with Crippen molar-refractivity contribution < 1.29 is 9.18 Å². The van der Waals surface area contributed by atoms with Crippen LogP contribution in [0.3, 0.4) is 0 Å².